The molecule has 0 atom stereocenters. The molecule has 8 aromatic rings. The molecule has 0 aliphatic heterocycles. The zero-order valence-electron chi connectivity index (χ0n) is 20.9. The molecule has 0 amide bonds. The Hall–Kier alpha value is -5.00. The van der Waals surface area contributed by atoms with E-state index in [1.165, 1.54) is 21.0 Å². The zero-order chi connectivity index (χ0) is 25.8. The van der Waals surface area contributed by atoms with E-state index < -0.39 is 0 Å². The number of thiazole rings is 1. The summed E-state index contributed by atoms with van der Waals surface area (Å²) in [6.45, 7) is 0. The summed E-state index contributed by atoms with van der Waals surface area (Å²) < 4.78 is 5.78. The lowest BCUT2D eigenvalue weighted by Crippen LogP contribution is -1.99. The van der Waals surface area contributed by atoms with E-state index in [9.17, 15) is 0 Å². The average Bonchev–Trinajstić information content (AvgIpc) is 3.75. The van der Waals surface area contributed by atoms with E-state index in [1.807, 2.05) is 24.4 Å². The van der Waals surface area contributed by atoms with Crippen molar-refractivity contribution in [1.82, 2.24) is 19.1 Å². The van der Waals surface area contributed by atoms with E-state index in [0.29, 0.717) is 0 Å². The minimum absolute atomic E-state index is 0.959. The Morgan fingerprint density at radius 2 is 1.51 bits per heavy atom. The van der Waals surface area contributed by atoms with Crippen molar-refractivity contribution in [2.45, 2.75) is 0 Å². The predicted octanol–water partition coefficient (Wildman–Crippen LogP) is 8.91. The van der Waals surface area contributed by atoms with Crippen molar-refractivity contribution in [1.29, 1.82) is 0 Å². The summed E-state index contributed by atoms with van der Waals surface area (Å²) >= 11 is 1.74. The molecule has 0 saturated heterocycles. The van der Waals surface area contributed by atoms with E-state index in [-0.39, 0.29) is 0 Å². The van der Waals surface area contributed by atoms with Crippen LogP contribution in [0.25, 0.3) is 65.2 Å². The number of pyridine rings is 1. The first-order chi connectivity index (χ1) is 19.3. The first-order valence-electron chi connectivity index (χ1n) is 12.9. The number of rotatable bonds is 4. The number of fused-ring (bicyclic) bond motifs is 4. The molecule has 0 spiro atoms. The van der Waals surface area contributed by atoms with Gasteiger partial charge >= 0.3 is 0 Å². The largest absolute Gasteiger partial charge is 0.322 e. The molecule has 0 bridgehead atoms. The van der Waals surface area contributed by atoms with Crippen molar-refractivity contribution in [3.8, 4) is 33.2 Å². The van der Waals surface area contributed by atoms with Gasteiger partial charge in [0.25, 0.3) is 0 Å². The highest BCUT2D eigenvalue weighted by Crippen LogP contribution is 2.39. The Balaban J connectivity index is 1.44. The van der Waals surface area contributed by atoms with Crippen LogP contribution in [0, 0.1) is 0 Å². The Bertz CT molecular complexity index is 2090. The smallest absolute Gasteiger partial charge is 0.124 e. The number of hydrogen-bond acceptors (Lipinski definition) is 3. The minimum Gasteiger partial charge on any atom is -0.322 e. The van der Waals surface area contributed by atoms with Gasteiger partial charge in [-0.3, -0.25) is 4.98 Å². The third kappa shape index (κ3) is 3.59. The molecule has 0 unspecified atom stereocenters. The van der Waals surface area contributed by atoms with Crippen LogP contribution in [0.2, 0.25) is 0 Å². The topological polar surface area (TPSA) is 35.6 Å². The van der Waals surface area contributed by atoms with Crippen molar-refractivity contribution < 1.29 is 0 Å². The van der Waals surface area contributed by atoms with Crippen molar-refractivity contribution >= 4 is 43.4 Å². The summed E-state index contributed by atoms with van der Waals surface area (Å²) in [4.78, 5) is 9.56. The summed E-state index contributed by atoms with van der Waals surface area (Å²) in [7, 11) is 0. The maximum Gasteiger partial charge on any atom is 0.124 e. The third-order valence-corrected chi connectivity index (χ3v) is 8.34. The highest BCUT2D eigenvalue weighted by molar-refractivity contribution is 7.21. The lowest BCUT2D eigenvalue weighted by molar-refractivity contribution is 1.07. The maximum absolute atomic E-state index is 4.95. The average molecular weight is 519 g/mol. The molecule has 0 fully saturated rings. The fourth-order valence-electron chi connectivity index (χ4n) is 5.49. The van der Waals surface area contributed by atoms with Crippen LogP contribution in [0.15, 0.2) is 134 Å². The van der Waals surface area contributed by atoms with Gasteiger partial charge in [-0.15, -0.1) is 11.3 Å². The molecule has 0 radical (unpaired) electrons. The first-order valence-corrected chi connectivity index (χ1v) is 13.7. The highest BCUT2D eigenvalue weighted by Gasteiger charge is 2.18. The monoisotopic (exact) mass is 518 g/mol. The standard InChI is InChI=1S/C34H22N4S/c1-2-15-32-29(13-1)36-34(39-32)24-16-17-26-27-11-8-14-30(37-19-5-6-20-37)33(27)38(31(26)22-24)25-10-7-9-23(21-25)28-12-3-4-18-35-28/h1-22H. The van der Waals surface area contributed by atoms with Crippen LogP contribution in [0.3, 0.4) is 0 Å². The quantitative estimate of drug-likeness (QED) is 0.233. The molecule has 0 saturated carbocycles. The van der Waals surface area contributed by atoms with Crippen LogP contribution in [-0.4, -0.2) is 19.1 Å². The molecule has 0 aliphatic carbocycles. The van der Waals surface area contributed by atoms with Crippen LogP contribution in [0.1, 0.15) is 0 Å². The van der Waals surface area contributed by atoms with E-state index >= 15 is 0 Å². The zero-order valence-corrected chi connectivity index (χ0v) is 21.7. The van der Waals surface area contributed by atoms with Crippen LogP contribution in [0.5, 0.6) is 0 Å². The molecule has 4 nitrogen and oxygen atoms in total. The molecule has 0 aliphatic rings. The predicted molar refractivity (Wildman–Crippen MR) is 162 cm³/mol. The summed E-state index contributed by atoms with van der Waals surface area (Å²) in [5, 5.41) is 3.46. The Kier molecular flexibility index (Phi) is 4.96. The van der Waals surface area contributed by atoms with E-state index in [2.05, 4.69) is 124 Å². The molecular weight excluding hydrogens is 496 g/mol. The van der Waals surface area contributed by atoms with Gasteiger partial charge in [0, 0.05) is 46.2 Å². The van der Waals surface area contributed by atoms with Crippen LogP contribution in [-0.2, 0) is 0 Å². The molecule has 8 rings (SSSR count). The number of nitrogens with zero attached hydrogens (tertiary/aromatic N) is 4. The molecule has 4 aromatic heterocycles. The summed E-state index contributed by atoms with van der Waals surface area (Å²) in [5.41, 5.74) is 8.76. The molecule has 184 valence electrons. The van der Waals surface area contributed by atoms with Gasteiger partial charge in [-0.2, -0.15) is 0 Å². The highest BCUT2D eigenvalue weighted by atomic mass is 32.1. The Morgan fingerprint density at radius 1 is 0.641 bits per heavy atom. The van der Waals surface area contributed by atoms with Gasteiger partial charge in [-0.1, -0.05) is 54.6 Å². The second kappa shape index (κ2) is 8.79. The third-order valence-electron chi connectivity index (χ3n) is 7.26. The summed E-state index contributed by atoms with van der Waals surface area (Å²) in [6.07, 6.45) is 6.05. The second-order valence-electron chi connectivity index (χ2n) is 9.58. The summed E-state index contributed by atoms with van der Waals surface area (Å²) in [6, 6.07) is 40.5. The first kappa shape index (κ1) is 22.0. The van der Waals surface area contributed by atoms with Gasteiger partial charge < -0.3 is 9.13 Å². The number of benzene rings is 4. The van der Waals surface area contributed by atoms with Gasteiger partial charge in [0.15, 0.2) is 0 Å². The fraction of sp³-hybridized carbons (Fsp3) is 0. The van der Waals surface area contributed by atoms with Gasteiger partial charge in [-0.05, 0) is 60.7 Å². The molecule has 39 heavy (non-hydrogen) atoms. The lowest BCUT2D eigenvalue weighted by Gasteiger charge is -2.13. The van der Waals surface area contributed by atoms with Gasteiger partial charge in [-0.25, -0.2) is 4.98 Å². The summed E-state index contributed by atoms with van der Waals surface area (Å²) in [5.74, 6) is 0. The maximum atomic E-state index is 4.95. The van der Waals surface area contributed by atoms with Crippen molar-refractivity contribution in [2.24, 2.45) is 0 Å². The van der Waals surface area contributed by atoms with Gasteiger partial charge in [0.1, 0.15) is 5.01 Å². The van der Waals surface area contributed by atoms with Crippen LogP contribution >= 0.6 is 11.3 Å². The van der Waals surface area contributed by atoms with E-state index in [0.717, 1.165) is 44.2 Å². The minimum atomic E-state index is 0.959. The van der Waals surface area contributed by atoms with Crippen molar-refractivity contribution in [2.75, 3.05) is 0 Å². The van der Waals surface area contributed by atoms with Crippen LogP contribution < -0.4 is 0 Å². The molecular formula is C34H22N4S. The lowest BCUT2D eigenvalue weighted by atomic mass is 10.1. The fourth-order valence-corrected chi connectivity index (χ4v) is 6.45. The Labute approximate surface area is 229 Å². The molecule has 5 heteroatoms. The van der Waals surface area contributed by atoms with E-state index in [4.69, 9.17) is 4.98 Å². The van der Waals surface area contributed by atoms with Crippen molar-refractivity contribution in [3.05, 3.63) is 134 Å². The number of hydrogen-bond donors (Lipinski definition) is 0. The van der Waals surface area contributed by atoms with E-state index in [1.54, 1.807) is 11.3 Å². The Morgan fingerprint density at radius 3 is 2.38 bits per heavy atom. The SMILES string of the molecule is c1ccc(-c2cccc(-n3c4cc(-c5nc6ccccc6s5)ccc4c4cccc(-n5cccc5)c43)c2)nc1. The molecule has 4 heterocycles. The number of para-hydroxylation sites is 2. The van der Waals surface area contributed by atoms with Gasteiger partial charge in [0.2, 0.25) is 0 Å². The van der Waals surface area contributed by atoms with Gasteiger partial charge in [0.05, 0.1) is 32.6 Å². The second-order valence-corrected chi connectivity index (χ2v) is 10.6. The molecule has 0 N–H and O–H groups in total. The molecule has 4 aromatic carbocycles. The number of aromatic nitrogens is 4. The van der Waals surface area contributed by atoms with Crippen molar-refractivity contribution in [3.63, 3.8) is 0 Å². The normalized spacial score (nSPS) is 11.6. The van der Waals surface area contributed by atoms with Crippen LogP contribution in [0.4, 0.5) is 0 Å².